The number of nitrogens with zero attached hydrogens (tertiary/aromatic N) is 1. The van der Waals surface area contributed by atoms with Crippen LogP contribution in [0.1, 0.15) is 52.4 Å². The summed E-state index contributed by atoms with van der Waals surface area (Å²) in [5.41, 5.74) is 0. The van der Waals surface area contributed by atoms with E-state index in [9.17, 15) is 0 Å². The van der Waals surface area contributed by atoms with Crippen LogP contribution in [0.4, 0.5) is 0 Å². The zero-order valence-electron chi connectivity index (χ0n) is 10.5. The average Bonchev–Trinajstić information content (AvgIpc) is 2.70. The summed E-state index contributed by atoms with van der Waals surface area (Å²) in [5, 5.41) is 0. The third-order valence-corrected chi connectivity index (χ3v) is 3.30. The molecule has 15 heavy (non-hydrogen) atoms. The summed E-state index contributed by atoms with van der Waals surface area (Å²) in [6, 6.07) is 0.876. The maximum Gasteiger partial charge on any atom is 0.0466 e. The number of hydrogen-bond donors (Lipinski definition) is 0. The topological polar surface area (TPSA) is 12.5 Å². The van der Waals surface area contributed by atoms with Crippen molar-refractivity contribution >= 4 is 0 Å². The predicted octanol–water partition coefficient (Wildman–Crippen LogP) is 3.07. The second kappa shape index (κ2) is 8.12. The highest BCUT2D eigenvalue weighted by Crippen LogP contribution is 2.19. The highest BCUT2D eigenvalue weighted by Gasteiger charge is 2.21. The Morgan fingerprint density at radius 3 is 2.80 bits per heavy atom. The average molecular weight is 213 g/mol. The molecule has 0 aromatic rings. The minimum absolute atomic E-state index is 0.876. The van der Waals surface area contributed by atoms with Gasteiger partial charge in [-0.2, -0.15) is 0 Å². The van der Waals surface area contributed by atoms with E-state index in [0.717, 1.165) is 25.7 Å². The summed E-state index contributed by atoms with van der Waals surface area (Å²) < 4.78 is 5.48. The Bertz CT molecular complexity index is 149. The van der Waals surface area contributed by atoms with E-state index in [1.54, 1.807) is 0 Å². The van der Waals surface area contributed by atoms with Gasteiger partial charge in [0.15, 0.2) is 0 Å². The number of likely N-dealkylation sites (tertiary alicyclic amines) is 1. The molecule has 90 valence electrons. The lowest BCUT2D eigenvalue weighted by Crippen LogP contribution is -2.29. The molecule has 0 amide bonds. The van der Waals surface area contributed by atoms with Crippen molar-refractivity contribution in [2.75, 3.05) is 26.3 Å². The van der Waals surface area contributed by atoms with Crippen molar-refractivity contribution in [3.8, 4) is 0 Å². The molecule has 2 nitrogen and oxygen atoms in total. The molecule has 1 aliphatic heterocycles. The van der Waals surface area contributed by atoms with Gasteiger partial charge in [-0.05, 0) is 51.6 Å². The lowest BCUT2D eigenvalue weighted by atomic mass is 10.1. The van der Waals surface area contributed by atoms with Gasteiger partial charge in [-0.3, -0.25) is 0 Å². The molecule has 2 heteroatoms. The Kier molecular flexibility index (Phi) is 7.03. The van der Waals surface area contributed by atoms with Crippen molar-refractivity contribution in [1.29, 1.82) is 0 Å². The van der Waals surface area contributed by atoms with Crippen LogP contribution in [-0.4, -0.2) is 37.2 Å². The molecule has 0 radical (unpaired) electrons. The van der Waals surface area contributed by atoms with Gasteiger partial charge in [0.25, 0.3) is 0 Å². The Balaban J connectivity index is 1.95. The fourth-order valence-corrected chi connectivity index (χ4v) is 2.42. The lowest BCUT2D eigenvalue weighted by molar-refractivity contribution is 0.126. The predicted molar refractivity (Wildman–Crippen MR) is 65.2 cm³/mol. The molecule has 0 aromatic heterocycles. The number of rotatable bonds is 8. The van der Waals surface area contributed by atoms with Gasteiger partial charge in [0, 0.05) is 19.3 Å². The van der Waals surface area contributed by atoms with Crippen LogP contribution in [0.25, 0.3) is 0 Å². The van der Waals surface area contributed by atoms with E-state index >= 15 is 0 Å². The molecule has 0 saturated carbocycles. The zero-order chi connectivity index (χ0) is 10.9. The first kappa shape index (κ1) is 13.0. The van der Waals surface area contributed by atoms with Crippen LogP contribution in [-0.2, 0) is 4.74 Å². The van der Waals surface area contributed by atoms with Gasteiger partial charge in [-0.25, -0.2) is 0 Å². The second-order valence-corrected chi connectivity index (χ2v) is 4.56. The fourth-order valence-electron chi connectivity index (χ4n) is 2.42. The van der Waals surface area contributed by atoms with Crippen molar-refractivity contribution in [3.05, 3.63) is 0 Å². The summed E-state index contributed by atoms with van der Waals surface area (Å²) in [5.74, 6) is 0. The molecular formula is C13H27NO. The number of ether oxygens (including phenoxy) is 1. The molecule has 0 aliphatic carbocycles. The van der Waals surface area contributed by atoms with Gasteiger partial charge in [0.05, 0.1) is 0 Å². The third-order valence-electron chi connectivity index (χ3n) is 3.30. The van der Waals surface area contributed by atoms with Crippen LogP contribution < -0.4 is 0 Å². The van der Waals surface area contributed by atoms with E-state index in [4.69, 9.17) is 4.74 Å². The molecule has 1 atom stereocenters. The Morgan fingerprint density at radius 1 is 1.20 bits per heavy atom. The molecule has 1 rings (SSSR count). The minimum Gasteiger partial charge on any atom is -0.381 e. The van der Waals surface area contributed by atoms with Crippen LogP contribution in [0.2, 0.25) is 0 Å². The molecular weight excluding hydrogens is 186 g/mol. The Labute approximate surface area is 95.0 Å². The van der Waals surface area contributed by atoms with Gasteiger partial charge in [-0.15, -0.1) is 0 Å². The smallest absolute Gasteiger partial charge is 0.0466 e. The summed E-state index contributed by atoms with van der Waals surface area (Å²) in [6.07, 6.45) is 7.83. The van der Waals surface area contributed by atoms with E-state index in [0.29, 0.717) is 0 Å². The minimum atomic E-state index is 0.876. The summed E-state index contributed by atoms with van der Waals surface area (Å²) in [6.45, 7) is 8.98. The third kappa shape index (κ3) is 4.98. The molecule has 0 N–H and O–H groups in total. The monoisotopic (exact) mass is 213 g/mol. The highest BCUT2D eigenvalue weighted by atomic mass is 16.5. The summed E-state index contributed by atoms with van der Waals surface area (Å²) in [4.78, 5) is 2.67. The SMILES string of the molecule is CCCOCCCCN1CCC[C@H]1CC. The van der Waals surface area contributed by atoms with E-state index < -0.39 is 0 Å². The maximum atomic E-state index is 5.48. The molecule has 1 heterocycles. The van der Waals surface area contributed by atoms with Crippen LogP contribution in [0, 0.1) is 0 Å². The zero-order valence-corrected chi connectivity index (χ0v) is 10.5. The molecule has 0 unspecified atom stereocenters. The fraction of sp³-hybridized carbons (Fsp3) is 1.00. The van der Waals surface area contributed by atoms with E-state index in [1.165, 1.54) is 45.2 Å². The highest BCUT2D eigenvalue weighted by molar-refractivity contribution is 4.77. The van der Waals surface area contributed by atoms with Gasteiger partial charge < -0.3 is 9.64 Å². The largest absolute Gasteiger partial charge is 0.381 e. The van der Waals surface area contributed by atoms with Gasteiger partial charge in [0.1, 0.15) is 0 Å². The summed E-state index contributed by atoms with van der Waals surface area (Å²) in [7, 11) is 0. The lowest BCUT2D eigenvalue weighted by Gasteiger charge is -2.22. The van der Waals surface area contributed by atoms with Crippen LogP contribution in [0.5, 0.6) is 0 Å². The first-order chi connectivity index (χ1) is 7.38. The van der Waals surface area contributed by atoms with Crippen molar-refractivity contribution in [2.45, 2.75) is 58.4 Å². The molecule has 0 spiro atoms. The van der Waals surface area contributed by atoms with Crippen molar-refractivity contribution in [1.82, 2.24) is 4.90 Å². The molecule has 1 fully saturated rings. The van der Waals surface area contributed by atoms with Gasteiger partial charge in [0.2, 0.25) is 0 Å². The van der Waals surface area contributed by atoms with E-state index in [2.05, 4.69) is 18.7 Å². The van der Waals surface area contributed by atoms with E-state index in [-0.39, 0.29) is 0 Å². The molecule has 1 aliphatic rings. The normalized spacial score (nSPS) is 22.4. The van der Waals surface area contributed by atoms with Crippen LogP contribution >= 0.6 is 0 Å². The van der Waals surface area contributed by atoms with Crippen molar-refractivity contribution < 1.29 is 4.74 Å². The van der Waals surface area contributed by atoms with Gasteiger partial charge in [-0.1, -0.05) is 13.8 Å². The quantitative estimate of drug-likeness (QED) is 0.575. The number of hydrogen-bond acceptors (Lipinski definition) is 2. The van der Waals surface area contributed by atoms with Crippen molar-refractivity contribution in [3.63, 3.8) is 0 Å². The second-order valence-electron chi connectivity index (χ2n) is 4.56. The number of unbranched alkanes of at least 4 members (excludes halogenated alkanes) is 1. The Hall–Kier alpha value is -0.0800. The Morgan fingerprint density at radius 2 is 2.07 bits per heavy atom. The molecule has 0 aromatic carbocycles. The van der Waals surface area contributed by atoms with Crippen LogP contribution in [0.3, 0.4) is 0 Å². The summed E-state index contributed by atoms with van der Waals surface area (Å²) >= 11 is 0. The van der Waals surface area contributed by atoms with Crippen molar-refractivity contribution in [2.24, 2.45) is 0 Å². The molecule has 0 bridgehead atoms. The van der Waals surface area contributed by atoms with E-state index in [1.807, 2.05) is 0 Å². The standard InChI is InChI=1S/C13H27NO/c1-3-11-15-12-6-5-9-14-10-7-8-13(14)4-2/h13H,3-12H2,1-2H3/t13-/m1/s1. The molecule has 1 saturated heterocycles. The first-order valence-corrected chi connectivity index (χ1v) is 6.70. The maximum absolute atomic E-state index is 5.48. The first-order valence-electron chi connectivity index (χ1n) is 6.70. The van der Waals surface area contributed by atoms with Gasteiger partial charge >= 0.3 is 0 Å². The van der Waals surface area contributed by atoms with Crippen LogP contribution in [0.15, 0.2) is 0 Å².